The highest BCUT2D eigenvalue weighted by molar-refractivity contribution is 5.41. The second-order valence-electron chi connectivity index (χ2n) is 5.01. The Labute approximate surface area is 116 Å². The van der Waals surface area contributed by atoms with Crippen molar-refractivity contribution in [2.75, 3.05) is 31.1 Å². The van der Waals surface area contributed by atoms with Crippen LogP contribution in [0, 0.1) is 0 Å². The molecule has 1 unspecified atom stereocenters. The number of nitrogens with zero attached hydrogens (tertiary/aromatic N) is 2. The maximum absolute atomic E-state index is 5.49. The number of pyridine rings is 1. The van der Waals surface area contributed by atoms with Crippen LogP contribution in [0.15, 0.2) is 18.2 Å². The topological polar surface area (TPSA) is 37.4 Å². The van der Waals surface area contributed by atoms with E-state index in [0.717, 1.165) is 37.8 Å². The van der Waals surface area contributed by atoms with Crippen LogP contribution in [0.2, 0.25) is 0 Å². The molecule has 1 aliphatic heterocycles. The lowest BCUT2D eigenvalue weighted by Crippen LogP contribution is -2.38. The molecule has 106 valence electrons. The summed E-state index contributed by atoms with van der Waals surface area (Å²) < 4.78 is 5.49. The Morgan fingerprint density at radius 3 is 3.00 bits per heavy atom. The quantitative estimate of drug-likeness (QED) is 0.820. The van der Waals surface area contributed by atoms with Crippen LogP contribution < -0.4 is 15.0 Å². The van der Waals surface area contributed by atoms with E-state index in [9.17, 15) is 0 Å². The zero-order chi connectivity index (χ0) is 13.5. The van der Waals surface area contributed by atoms with Crippen molar-refractivity contribution in [3.05, 3.63) is 18.2 Å². The number of aromatic nitrogens is 1. The normalized spacial score (nSPS) is 18.5. The molecule has 0 spiro atoms. The van der Waals surface area contributed by atoms with E-state index in [-0.39, 0.29) is 0 Å². The van der Waals surface area contributed by atoms with Gasteiger partial charge < -0.3 is 15.0 Å². The average molecular weight is 263 g/mol. The van der Waals surface area contributed by atoms with E-state index in [1.807, 2.05) is 19.1 Å². The third-order valence-electron chi connectivity index (χ3n) is 3.42. The van der Waals surface area contributed by atoms with Crippen molar-refractivity contribution in [3.8, 4) is 5.88 Å². The molecule has 2 heterocycles. The smallest absolute Gasteiger partial charge is 0.215 e. The van der Waals surface area contributed by atoms with Crippen LogP contribution in [0.3, 0.4) is 0 Å². The summed E-state index contributed by atoms with van der Waals surface area (Å²) in [5.74, 6) is 1.75. The van der Waals surface area contributed by atoms with Gasteiger partial charge in [0.25, 0.3) is 0 Å². The molecule has 1 fully saturated rings. The maximum Gasteiger partial charge on any atom is 0.215 e. The number of nitrogens with one attached hydrogen (secondary N) is 1. The maximum atomic E-state index is 5.49. The monoisotopic (exact) mass is 263 g/mol. The molecule has 2 rings (SSSR count). The highest BCUT2D eigenvalue weighted by atomic mass is 16.5. The van der Waals surface area contributed by atoms with Gasteiger partial charge in [-0.25, -0.2) is 0 Å². The Bertz CT molecular complexity index is 377. The van der Waals surface area contributed by atoms with Crippen molar-refractivity contribution in [1.82, 2.24) is 10.3 Å². The average Bonchev–Trinajstić information content (AvgIpc) is 2.92. The Morgan fingerprint density at radius 2 is 2.32 bits per heavy atom. The molecule has 0 bridgehead atoms. The number of hydrogen-bond acceptors (Lipinski definition) is 4. The van der Waals surface area contributed by atoms with Crippen molar-refractivity contribution in [1.29, 1.82) is 0 Å². The van der Waals surface area contributed by atoms with E-state index in [1.54, 1.807) is 0 Å². The minimum Gasteiger partial charge on any atom is -0.478 e. The molecule has 0 radical (unpaired) electrons. The van der Waals surface area contributed by atoms with Gasteiger partial charge in [-0.2, -0.15) is 4.98 Å². The van der Waals surface area contributed by atoms with Crippen molar-refractivity contribution in [2.24, 2.45) is 0 Å². The summed E-state index contributed by atoms with van der Waals surface area (Å²) in [6.07, 6.45) is 3.69. The molecule has 0 aliphatic carbocycles. The van der Waals surface area contributed by atoms with Crippen LogP contribution in [0.1, 0.15) is 33.1 Å². The first kappa shape index (κ1) is 14.1. The lowest BCUT2D eigenvalue weighted by molar-refractivity contribution is 0.327. The first-order valence-electron chi connectivity index (χ1n) is 7.41. The van der Waals surface area contributed by atoms with Crippen LogP contribution in [0.5, 0.6) is 5.88 Å². The summed E-state index contributed by atoms with van der Waals surface area (Å²) in [5.41, 5.74) is 0. The fraction of sp³-hybridized carbons (Fsp3) is 0.667. The number of ether oxygens (including phenoxy) is 1. The molecular formula is C15H25N3O. The summed E-state index contributed by atoms with van der Waals surface area (Å²) in [6.45, 7) is 8.09. The second-order valence-corrected chi connectivity index (χ2v) is 5.01. The zero-order valence-corrected chi connectivity index (χ0v) is 12.1. The first-order valence-corrected chi connectivity index (χ1v) is 7.41. The first-order chi connectivity index (χ1) is 9.33. The summed E-state index contributed by atoms with van der Waals surface area (Å²) in [6, 6.07) is 6.62. The van der Waals surface area contributed by atoms with Gasteiger partial charge in [0.15, 0.2) is 0 Å². The second kappa shape index (κ2) is 7.34. The third-order valence-corrected chi connectivity index (χ3v) is 3.42. The Hall–Kier alpha value is -1.29. The van der Waals surface area contributed by atoms with Crippen LogP contribution in [-0.2, 0) is 0 Å². The minimum absolute atomic E-state index is 0.601. The van der Waals surface area contributed by atoms with E-state index in [4.69, 9.17) is 4.74 Å². The molecule has 1 atom stereocenters. The van der Waals surface area contributed by atoms with Gasteiger partial charge in [-0.15, -0.1) is 0 Å². The van der Waals surface area contributed by atoms with Gasteiger partial charge in [-0.05, 0) is 38.8 Å². The molecule has 4 nitrogen and oxygen atoms in total. The van der Waals surface area contributed by atoms with Gasteiger partial charge in [-0.3, -0.25) is 0 Å². The summed E-state index contributed by atoms with van der Waals surface area (Å²) in [7, 11) is 0. The van der Waals surface area contributed by atoms with Gasteiger partial charge in [0.2, 0.25) is 5.88 Å². The Kier molecular flexibility index (Phi) is 5.45. The zero-order valence-electron chi connectivity index (χ0n) is 12.1. The highest BCUT2D eigenvalue weighted by Crippen LogP contribution is 2.18. The standard InChI is InChI=1S/C15H25N3O/c1-3-11-18(12-13-7-6-10-16-13)14-8-5-9-15(17-14)19-4-2/h5,8-9,13,16H,3-4,6-7,10-12H2,1-2H3. The Balaban J connectivity index is 2.05. The van der Waals surface area contributed by atoms with Crippen molar-refractivity contribution in [3.63, 3.8) is 0 Å². The van der Waals surface area contributed by atoms with E-state index in [1.165, 1.54) is 12.8 Å². The predicted octanol–water partition coefficient (Wildman–Crippen LogP) is 2.45. The molecule has 1 N–H and O–H groups in total. The fourth-order valence-electron chi connectivity index (χ4n) is 2.56. The molecule has 0 amide bonds. The van der Waals surface area contributed by atoms with Crippen LogP contribution in [-0.4, -0.2) is 37.3 Å². The van der Waals surface area contributed by atoms with Crippen LogP contribution in [0.4, 0.5) is 5.82 Å². The molecule has 0 saturated carbocycles. The molecule has 1 aromatic rings. The SMILES string of the molecule is CCCN(CC1CCCN1)c1cccc(OCC)n1. The molecule has 0 aromatic carbocycles. The fourth-order valence-corrected chi connectivity index (χ4v) is 2.56. The van der Waals surface area contributed by atoms with Crippen molar-refractivity contribution in [2.45, 2.75) is 39.2 Å². The third kappa shape index (κ3) is 4.10. The summed E-state index contributed by atoms with van der Waals surface area (Å²) in [5, 5.41) is 3.55. The summed E-state index contributed by atoms with van der Waals surface area (Å²) >= 11 is 0. The summed E-state index contributed by atoms with van der Waals surface area (Å²) in [4.78, 5) is 6.97. The van der Waals surface area contributed by atoms with E-state index >= 15 is 0 Å². The van der Waals surface area contributed by atoms with Crippen LogP contribution in [0.25, 0.3) is 0 Å². The van der Waals surface area contributed by atoms with Gasteiger partial charge in [-0.1, -0.05) is 13.0 Å². The van der Waals surface area contributed by atoms with Gasteiger partial charge >= 0.3 is 0 Å². The van der Waals surface area contributed by atoms with E-state index < -0.39 is 0 Å². The predicted molar refractivity (Wildman–Crippen MR) is 78.9 cm³/mol. The molecular weight excluding hydrogens is 238 g/mol. The largest absolute Gasteiger partial charge is 0.478 e. The molecule has 4 heteroatoms. The van der Waals surface area contributed by atoms with E-state index in [2.05, 4.69) is 28.2 Å². The highest BCUT2D eigenvalue weighted by Gasteiger charge is 2.18. The lowest BCUT2D eigenvalue weighted by atomic mass is 10.2. The van der Waals surface area contributed by atoms with Gasteiger partial charge in [0, 0.05) is 25.2 Å². The number of rotatable bonds is 7. The minimum atomic E-state index is 0.601. The molecule has 1 aromatic heterocycles. The van der Waals surface area contributed by atoms with Crippen molar-refractivity contribution >= 4 is 5.82 Å². The van der Waals surface area contributed by atoms with E-state index in [0.29, 0.717) is 12.6 Å². The lowest BCUT2D eigenvalue weighted by Gasteiger charge is -2.26. The number of hydrogen-bond donors (Lipinski definition) is 1. The van der Waals surface area contributed by atoms with Gasteiger partial charge in [0.05, 0.1) is 6.61 Å². The number of anilines is 1. The Morgan fingerprint density at radius 1 is 1.42 bits per heavy atom. The molecule has 1 saturated heterocycles. The van der Waals surface area contributed by atoms with Crippen LogP contribution >= 0.6 is 0 Å². The van der Waals surface area contributed by atoms with Gasteiger partial charge in [0.1, 0.15) is 5.82 Å². The van der Waals surface area contributed by atoms with Crippen molar-refractivity contribution < 1.29 is 4.74 Å². The molecule has 1 aliphatic rings. The molecule has 19 heavy (non-hydrogen) atoms.